The number of Topliss-reactive ketones (excluding diaryl/α,β-unsaturated/α-hetero) is 1. The Balaban J connectivity index is 2.27. The van der Waals surface area contributed by atoms with E-state index < -0.39 is 0 Å². The van der Waals surface area contributed by atoms with E-state index in [-0.39, 0.29) is 5.78 Å². The fraction of sp³-hybridized carbons (Fsp3) is 0.353. The summed E-state index contributed by atoms with van der Waals surface area (Å²) in [5.74, 6) is 0.169. The third kappa shape index (κ3) is 2.99. The van der Waals surface area contributed by atoms with E-state index in [0.29, 0.717) is 6.54 Å². The number of benzene rings is 1. The highest BCUT2D eigenvalue weighted by molar-refractivity contribution is 6.10. The second kappa shape index (κ2) is 6.06. The fourth-order valence-electron chi connectivity index (χ4n) is 2.58. The van der Waals surface area contributed by atoms with Crippen LogP contribution in [0.25, 0.3) is 10.9 Å². The second-order valence-corrected chi connectivity index (χ2v) is 5.35. The topological polar surface area (TPSA) is 36.1 Å². The van der Waals surface area contributed by atoms with Gasteiger partial charge in [-0.25, -0.2) is 0 Å². The van der Waals surface area contributed by atoms with Crippen LogP contribution in [0.5, 0.6) is 0 Å². The summed E-state index contributed by atoms with van der Waals surface area (Å²) in [6.45, 7) is 12.0. The Bertz CT molecular complexity index is 639. The molecule has 0 bridgehead atoms. The molecule has 0 saturated carbocycles. The number of hydrogen-bond acceptors (Lipinski definition) is 2. The van der Waals surface area contributed by atoms with Crippen LogP contribution >= 0.6 is 0 Å². The molecule has 0 aliphatic heterocycles. The molecule has 1 heterocycles. The third-order valence-electron chi connectivity index (χ3n) is 3.48. The Hall–Kier alpha value is -1.87. The van der Waals surface area contributed by atoms with Gasteiger partial charge in [-0.15, -0.1) is 0 Å². The molecule has 0 amide bonds. The molecule has 2 aromatic rings. The summed E-state index contributed by atoms with van der Waals surface area (Å²) in [7, 11) is 0. The molecule has 0 atom stereocenters. The molecule has 0 fully saturated rings. The fourth-order valence-corrected chi connectivity index (χ4v) is 2.58. The Kier molecular flexibility index (Phi) is 4.40. The number of rotatable bonds is 6. The molecule has 0 radical (unpaired) electrons. The first-order valence-electron chi connectivity index (χ1n) is 7.00. The van der Waals surface area contributed by atoms with Crippen LogP contribution in [-0.2, 0) is 0 Å². The summed E-state index contributed by atoms with van der Waals surface area (Å²) >= 11 is 0. The lowest BCUT2D eigenvalue weighted by Crippen LogP contribution is -2.31. The van der Waals surface area contributed by atoms with Crippen LogP contribution in [0.3, 0.4) is 0 Å². The first-order valence-corrected chi connectivity index (χ1v) is 7.00. The molecule has 0 unspecified atom stereocenters. The summed E-state index contributed by atoms with van der Waals surface area (Å²) in [6, 6.07) is 7.95. The van der Waals surface area contributed by atoms with Crippen LogP contribution in [0.2, 0.25) is 0 Å². The number of aromatic amines is 1. The van der Waals surface area contributed by atoms with Crippen molar-refractivity contribution in [2.75, 3.05) is 19.6 Å². The van der Waals surface area contributed by atoms with Gasteiger partial charge in [0, 0.05) is 28.7 Å². The van der Waals surface area contributed by atoms with Gasteiger partial charge in [-0.1, -0.05) is 37.3 Å². The van der Waals surface area contributed by atoms with Crippen molar-refractivity contribution in [2.45, 2.75) is 20.8 Å². The summed E-state index contributed by atoms with van der Waals surface area (Å²) in [5, 5.41) is 1.02. The summed E-state index contributed by atoms with van der Waals surface area (Å²) in [5.41, 5.74) is 3.87. The van der Waals surface area contributed by atoms with E-state index in [2.05, 4.69) is 23.4 Å². The number of H-pyrrole nitrogens is 1. The monoisotopic (exact) mass is 270 g/mol. The average molecular weight is 270 g/mol. The normalized spacial score (nSPS) is 11.2. The van der Waals surface area contributed by atoms with Crippen LogP contribution in [0.4, 0.5) is 0 Å². The van der Waals surface area contributed by atoms with Gasteiger partial charge < -0.3 is 4.98 Å². The minimum atomic E-state index is 0.169. The van der Waals surface area contributed by atoms with E-state index in [9.17, 15) is 4.79 Å². The van der Waals surface area contributed by atoms with Gasteiger partial charge in [0.25, 0.3) is 0 Å². The smallest absolute Gasteiger partial charge is 0.179 e. The molecule has 1 aromatic heterocycles. The summed E-state index contributed by atoms with van der Waals surface area (Å²) in [6.07, 6.45) is 0. The summed E-state index contributed by atoms with van der Waals surface area (Å²) in [4.78, 5) is 18.0. The Morgan fingerprint density at radius 1 is 1.30 bits per heavy atom. The highest BCUT2D eigenvalue weighted by atomic mass is 16.1. The molecule has 2 rings (SSSR count). The highest BCUT2D eigenvalue weighted by Gasteiger charge is 2.18. The number of aromatic nitrogens is 1. The number of carbonyl (C=O) groups excluding carboxylic acids is 1. The Morgan fingerprint density at radius 2 is 2.00 bits per heavy atom. The minimum absolute atomic E-state index is 0.169. The lowest BCUT2D eigenvalue weighted by atomic mass is 10.1. The number of nitrogens with one attached hydrogen (secondary N) is 1. The molecule has 1 aromatic carbocycles. The van der Waals surface area contributed by atoms with E-state index in [1.54, 1.807) is 0 Å². The van der Waals surface area contributed by atoms with Crippen LogP contribution in [0, 0.1) is 6.92 Å². The molecular formula is C17H22N2O. The van der Waals surface area contributed by atoms with Crippen molar-refractivity contribution in [3.8, 4) is 0 Å². The molecule has 0 saturated heterocycles. The first-order chi connectivity index (χ1) is 9.52. The quantitative estimate of drug-likeness (QED) is 0.643. The largest absolute Gasteiger partial charge is 0.358 e. The van der Waals surface area contributed by atoms with Gasteiger partial charge in [0.05, 0.1) is 6.54 Å². The molecule has 0 spiro atoms. The van der Waals surface area contributed by atoms with Gasteiger partial charge in [0.1, 0.15) is 0 Å². The lowest BCUT2D eigenvalue weighted by molar-refractivity contribution is 0.0941. The van der Waals surface area contributed by atoms with Crippen molar-refractivity contribution >= 4 is 16.7 Å². The van der Waals surface area contributed by atoms with E-state index in [1.807, 2.05) is 38.1 Å². The van der Waals surface area contributed by atoms with Gasteiger partial charge in [0.15, 0.2) is 5.78 Å². The third-order valence-corrected chi connectivity index (χ3v) is 3.48. The van der Waals surface area contributed by atoms with Crippen molar-refractivity contribution in [1.82, 2.24) is 9.88 Å². The van der Waals surface area contributed by atoms with Gasteiger partial charge >= 0.3 is 0 Å². The Morgan fingerprint density at radius 3 is 2.65 bits per heavy atom. The van der Waals surface area contributed by atoms with Crippen molar-refractivity contribution in [3.05, 3.63) is 47.7 Å². The highest BCUT2D eigenvalue weighted by Crippen LogP contribution is 2.22. The van der Waals surface area contributed by atoms with Crippen molar-refractivity contribution in [1.29, 1.82) is 0 Å². The van der Waals surface area contributed by atoms with Crippen LogP contribution < -0.4 is 0 Å². The standard InChI is InChI=1S/C17H22N2O/c1-5-19(10-12(2)3)11-16(20)17-13(4)18-15-9-7-6-8-14(15)17/h6-9,18H,2,5,10-11H2,1,3-4H3. The maximum atomic E-state index is 12.6. The van der Waals surface area contributed by atoms with E-state index >= 15 is 0 Å². The predicted octanol–water partition coefficient (Wildman–Crippen LogP) is 3.56. The number of para-hydroxylation sites is 1. The first kappa shape index (κ1) is 14.5. The predicted molar refractivity (Wildman–Crippen MR) is 84.3 cm³/mol. The number of hydrogen-bond donors (Lipinski definition) is 1. The zero-order valence-corrected chi connectivity index (χ0v) is 12.5. The summed E-state index contributed by atoms with van der Waals surface area (Å²) < 4.78 is 0. The average Bonchev–Trinajstić information content (AvgIpc) is 2.73. The van der Waals surface area contributed by atoms with Crippen molar-refractivity contribution in [2.24, 2.45) is 0 Å². The molecule has 1 N–H and O–H groups in total. The number of carbonyl (C=O) groups is 1. The van der Waals surface area contributed by atoms with Gasteiger partial charge in [-0.3, -0.25) is 9.69 Å². The zero-order chi connectivity index (χ0) is 14.7. The molecule has 0 aliphatic rings. The maximum Gasteiger partial charge on any atom is 0.179 e. The molecule has 3 nitrogen and oxygen atoms in total. The second-order valence-electron chi connectivity index (χ2n) is 5.35. The molecule has 3 heteroatoms. The van der Waals surface area contributed by atoms with Gasteiger partial charge in [-0.2, -0.15) is 0 Å². The van der Waals surface area contributed by atoms with Crippen LogP contribution in [0.1, 0.15) is 29.9 Å². The molecule has 0 aliphatic carbocycles. The van der Waals surface area contributed by atoms with Crippen molar-refractivity contribution < 1.29 is 4.79 Å². The number of likely N-dealkylation sites (N-methyl/N-ethyl adjacent to an activating group) is 1. The number of fused-ring (bicyclic) bond motifs is 1. The van der Waals surface area contributed by atoms with E-state index in [1.165, 1.54) is 0 Å². The SMILES string of the molecule is C=C(C)CN(CC)CC(=O)c1c(C)[nH]c2ccccc12. The number of aryl methyl sites for hydroxylation is 1. The molecule has 106 valence electrons. The maximum absolute atomic E-state index is 12.6. The number of ketones is 1. The van der Waals surface area contributed by atoms with Gasteiger partial charge in [0.2, 0.25) is 0 Å². The van der Waals surface area contributed by atoms with Gasteiger partial charge in [-0.05, 0) is 26.5 Å². The number of nitrogens with zero attached hydrogens (tertiary/aromatic N) is 1. The molecule has 20 heavy (non-hydrogen) atoms. The molecular weight excluding hydrogens is 248 g/mol. The van der Waals surface area contributed by atoms with E-state index in [4.69, 9.17) is 0 Å². The van der Waals surface area contributed by atoms with Crippen LogP contribution in [0.15, 0.2) is 36.4 Å². The zero-order valence-electron chi connectivity index (χ0n) is 12.5. The lowest BCUT2D eigenvalue weighted by Gasteiger charge is -2.19. The van der Waals surface area contributed by atoms with Crippen LogP contribution in [-0.4, -0.2) is 35.3 Å². The van der Waals surface area contributed by atoms with Crippen molar-refractivity contribution in [3.63, 3.8) is 0 Å². The minimum Gasteiger partial charge on any atom is -0.358 e. The Labute approximate surface area is 120 Å². The van der Waals surface area contributed by atoms with E-state index in [0.717, 1.165) is 40.8 Å².